The Labute approximate surface area is 166 Å². The second kappa shape index (κ2) is 9.41. The molecule has 0 bridgehead atoms. The molecule has 0 aliphatic carbocycles. The van der Waals surface area contributed by atoms with Crippen molar-refractivity contribution in [1.29, 1.82) is 0 Å². The van der Waals surface area contributed by atoms with Crippen molar-refractivity contribution in [2.45, 2.75) is 57.2 Å². The van der Waals surface area contributed by atoms with Crippen LogP contribution in [0.25, 0.3) is 0 Å². The molecule has 2 aliphatic heterocycles. The van der Waals surface area contributed by atoms with Gasteiger partial charge in [-0.2, -0.15) is 0 Å². The maximum absolute atomic E-state index is 12.9. The Morgan fingerprint density at radius 2 is 1.96 bits per heavy atom. The lowest BCUT2D eigenvalue weighted by atomic mass is 10.0. The normalized spacial score (nSPS) is 24.1. The fraction of sp³-hybridized carbons (Fsp3) is 0.706. The quantitative estimate of drug-likeness (QED) is 0.512. The summed E-state index contributed by atoms with van der Waals surface area (Å²) in [5.74, 6) is -1.61. The van der Waals surface area contributed by atoms with Crippen molar-refractivity contribution in [2.75, 3.05) is 18.9 Å². The fourth-order valence-corrected chi connectivity index (χ4v) is 3.82. The van der Waals surface area contributed by atoms with Crippen LogP contribution in [0.3, 0.4) is 0 Å². The molecule has 0 aromatic rings. The van der Waals surface area contributed by atoms with Gasteiger partial charge in [0.15, 0.2) is 5.78 Å². The zero-order valence-electron chi connectivity index (χ0n) is 15.5. The second-order valence-corrected chi connectivity index (χ2v) is 7.37. The summed E-state index contributed by atoms with van der Waals surface area (Å²) < 4.78 is 0. The number of alkyl halides is 1. The number of hydrogen-bond donors (Lipinski definition) is 2. The maximum Gasteiger partial charge on any atom is 0.259 e. The number of carbonyl (C=O) groups excluding carboxylic acids is 5. The van der Waals surface area contributed by atoms with E-state index in [-0.39, 0.29) is 41.6 Å². The number of nitrogens with zero attached hydrogens (tertiary/aromatic N) is 2. The predicted molar refractivity (Wildman–Crippen MR) is 99.7 cm³/mol. The number of hydrazine groups is 1. The van der Waals surface area contributed by atoms with E-state index in [9.17, 15) is 24.0 Å². The zero-order chi connectivity index (χ0) is 20.1. The number of hydrogen-bond acceptors (Lipinski definition) is 6. The Hall–Kier alpha value is -1.81. The van der Waals surface area contributed by atoms with E-state index in [0.717, 1.165) is 0 Å². The highest BCUT2D eigenvalue weighted by Crippen LogP contribution is 2.25. The Balaban J connectivity index is 2.24. The van der Waals surface area contributed by atoms with Crippen LogP contribution in [0.1, 0.15) is 39.0 Å². The topological polar surface area (TPSA) is 116 Å². The van der Waals surface area contributed by atoms with E-state index in [1.165, 1.54) is 16.9 Å². The average Bonchev–Trinajstić information content (AvgIpc) is 2.77. The Kier molecular flexibility index (Phi) is 7.49. The fourth-order valence-electron chi connectivity index (χ4n) is 3.43. The molecule has 27 heavy (non-hydrogen) atoms. The number of rotatable bonds is 7. The molecule has 2 rings (SSSR count). The molecule has 3 atom stereocenters. The van der Waals surface area contributed by atoms with Gasteiger partial charge in [-0.25, -0.2) is 5.01 Å². The molecule has 0 aromatic heterocycles. The van der Waals surface area contributed by atoms with Gasteiger partial charge in [0.05, 0.1) is 17.4 Å². The van der Waals surface area contributed by atoms with Crippen molar-refractivity contribution >= 4 is 45.2 Å². The van der Waals surface area contributed by atoms with Crippen molar-refractivity contribution in [3.63, 3.8) is 0 Å². The summed E-state index contributed by atoms with van der Waals surface area (Å²) in [6.07, 6.45) is 1.43. The molecule has 2 fully saturated rings. The number of fused-ring (bicyclic) bond motifs is 1. The summed E-state index contributed by atoms with van der Waals surface area (Å²) in [6.45, 7) is 1.72. The lowest BCUT2D eigenvalue weighted by Gasteiger charge is -2.43. The van der Waals surface area contributed by atoms with E-state index in [0.29, 0.717) is 25.8 Å². The highest BCUT2D eigenvalue weighted by Gasteiger charge is 2.44. The van der Waals surface area contributed by atoms with Gasteiger partial charge in [0.1, 0.15) is 11.8 Å². The van der Waals surface area contributed by atoms with E-state index < -0.39 is 24.0 Å². The highest BCUT2D eigenvalue weighted by molar-refractivity contribution is 9.09. The van der Waals surface area contributed by atoms with Crippen LogP contribution in [-0.2, 0) is 24.0 Å². The number of nitrogens with one attached hydrogen (secondary N) is 2. The van der Waals surface area contributed by atoms with Gasteiger partial charge in [0, 0.05) is 19.4 Å². The lowest BCUT2D eigenvalue weighted by molar-refractivity contribution is -0.176. The van der Waals surface area contributed by atoms with E-state index in [4.69, 9.17) is 0 Å². The third-order valence-corrected chi connectivity index (χ3v) is 5.39. The molecular formula is C17H25BrN4O5. The Morgan fingerprint density at radius 3 is 2.56 bits per heavy atom. The monoisotopic (exact) mass is 444 g/mol. The van der Waals surface area contributed by atoms with Crippen LogP contribution in [0.4, 0.5) is 0 Å². The van der Waals surface area contributed by atoms with Crippen molar-refractivity contribution in [1.82, 2.24) is 20.7 Å². The van der Waals surface area contributed by atoms with Gasteiger partial charge in [0.25, 0.3) is 5.91 Å². The van der Waals surface area contributed by atoms with Crippen LogP contribution in [-0.4, -0.2) is 76.4 Å². The van der Waals surface area contributed by atoms with Crippen LogP contribution < -0.4 is 10.6 Å². The largest absolute Gasteiger partial charge is 0.344 e. The number of halogens is 1. The van der Waals surface area contributed by atoms with Crippen LogP contribution in [0.2, 0.25) is 0 Å². The van der Waals surface area contributed by atoms with E-state index in [1.54, 1.807) is 7.05 Å². The summed E-state index contributed by atoms with van der Waals surface area (Å²) >= 11 is 3.05. The molecule has 3 amide bonds. The summed E-state index contributed by atoms with van der Waals surface area (Å²) in [7, 11) is 1.64. The number of amides is 3. The number of ketones is 2. The molecule has 0 radical (unpaired) electrons. The van der Waals surface area contributed by atoms with Crippen molar-refractivity contribution < 1.29 is 24.0 Å². The molecule has 150 valence electrons. The molecule has 0 saturated carbocycles. The van der Waals surface area contributed by atoms with Gasteiger partial charge in [-0.3, -0.25) is 29.0 Å². The van der Waals surface area contributed by atoms with Crippen molar-refractivity contribution in [3.8, 4) is 0 Å². The Bertz CT molecular complexity index is 641. The maximum atomic E-state index is 12.9. The van der Waals surface area contributed by atoms with Crippen LogP contribution >= 0.6 is 15.9 Å². The Morgan fingerprint density at radius 1 is 1.26 bits per heavy atom. The molecule has 2 aliphatic rings. The van der Waals surface area contributed by atoms with E-state index in [2.05, 4.69) is 26.6 Å². The van der Waals surface area contributed by atoms with Gasteiger partial charge in [-0.1, -0.05) is 15.9 Å². The number of likely N-dealkylation sites (N-methyl/N-ethyl adjacent to an activating group) is 1. The standard InChI is InChI=1S/C17H25BrN4O5/c1-10(23)8-12(14(24)9-18)20-16(26)13-4-3-7-21-15(25)6-5-11(19-2)17(27)22(13)21/h11-13,19H,3-9H2,1-2H3,(H,20,26). The lowest BCUT2D eigenvalue weighted by Crippen LogP contribution is -2.64. The molecule has 2 heterocycles. The molecule has 3 unspecified atom stereocenters. The van der Waals surface area contributed by atoms with E-state index in [1.807, 2.05) is 0 Å². The minimum absolute atomic E-state index is 0.00494. The molecule has 9 nitrogen and oxygen atoms in total. The molecule has 10 heteroatoms. The zero-order valence-corrected chi connectivity index (χ0v) is 17.1. The second-order valence-electron chi connectivity index (χ2n) is 6.80. The first-order chi connectivity index (χ1) is 12.8. The molecule has 0 aromatic carbocycles. The van der Waals surface area contributed by atoms with Crippen LogP contribution in [0.15, 0.2) is 0 Å². The summed E-state index contributed by atoms with van der Waals surface area (Å²) in [5, 5.41) is 8.08. The van der Waals surface area contributed by atoms with Gasteiger partial charge >= 0.3 is 0 Å². The average molecular weight is 445 g/mol. The minimum Gasteiger partial charge on any atom is -0.344 e. The van der Waals surface area contributed by atoms with Gasteiger partial charge < -0.3 is 10.6 Å². The van der Waals surface area contributed by atoms with Gasteiger partial charge in [0.2, 0.25) is 11.8 Å². The minimum atomic E-state index is -0.956. The third kappa shape index (κ3) is 4.92. The first-order valence-corrected chi connectivity index (χ1v) is 10.1. The number of carbonyl (C=O) groups is 5. The van der Waals surface area contributed by atoms with Gasteiger partial charge in [-0.15, -0.1) is 0 Å². The van der Waals surface area contributed by atoms with Crippen LogP contribution in [0.5, 0.6) is 0 Å². The van der Waals surface area contributed by atoms with Gasteiger partial charge in [-0.05, 0) is 33.2 Å². The summed E-state index contributed by atoms with van der Waals surface area (Å²) in [6, 6.07) is -2.39. The molecule has 2 saturated heterocycles. The number of Topliss-reactive ketones (excluding diaryl/α,β-unsaturated/α-hetero) is 2. The molecule has 0 spiro atoms. The van der Waals surface area contributed by atoms with Crippen LogP contribution in [0, 0.1) is 0 Å². The first-order valence-electron chi connectivity index (χ1n) is 8.99. The predicted octanol–water partition coefficient (Wildman–Crippen LogP) is -0.469. The third-order valence-electron chi connectivity index (χ3n) is 4.84. The highest BCUT2D eigenvalue weighted by atomic mass is 79.9. The molecule has 2 N–H and O–H groups in total. The SMILES string of the molecule is CNC1CCC(=O)N2CCCC(C(=O)NC(CC(C)=O)C(=O)CBr)N2C1=O. The molecular weight excluding hydrogens is 420 g/mol. The van der Waals surface area contributed by atoms with E-state index >= 15 is 0 Å². The smallest absolute Gasteiger partial charge is 0.259 e. The summed E-state index contributed by atoms with van der Waals surface area (Å²) in [4.78, 5) is 61.7. The first kappa shape index (κ1) is 21.5. The van der Waals surface area contributed by atoms with Crippen molar-refractivity contribution in [3.05, 3.63) is 0 Å². The van der Waals surface area contributed by atoms with Crippen molar-refractivity contribution in [2.24, 2.45) is 0 Å². The summed E-state index contributed by atoms with van der Waals surface area (Å²) in [5.41, 5.74) is 0.